The Morgan fingerprint density at radius 3 is 2.62 bits per heavy atom. The summed E-state index contributed by atoms with van der Waals surface area (Å²) >= 11 is 0. The van der Waals surface area contributed by atoms with E-state index in [1.165, 1.54) is 12.1 Å². The van der Waals surface area contributed by atoms with E-state index in [-0.39, 0.29) is 11.7 Å². The lowest BCUT2D eigenvalue weighted by Gasteiger charge is -2.34. The number of nitrogens with zero attached hydrogens (tertiary/aromatic N) is 2. The lowest BCUT2D eigenvalue weighted by Crippen LogP contribution is -2.45. The van der Waals surface area contributed by atoms with E-state index in [1.54, 1.807) is 0 Å². The van der Waals surface area contributed by atoms with Crippen LogP contribution in [0.4, 0.5) is 4.39 Å². The van der Waals surface area contributed by atoms with Crippen LogP contribution in [-0.2, 0) is 11.3 Å². The van der Waals surface area contributed by atoms with E-state index in [9.17, 15) is 9.18 Å². The fraction of sp³-hybridized carbons (Fsp3) is 0.632. The largest absolute Gasteiger partial charge is 0.341 e. The van der Waals surface area contributed by atoms with Gasteiger partial charge in [-0.3, -0.25) is 9.69 Å². The molecule has 2 rings (SSSR count). The van der Waals surface area contributed by atoms with Gasteiger partial charge in [0.15, 0.2) is 0 Å². The Hall–Kier alpha value is -1.46. The molecular formula is C19H30FN3O. The molecule has 1 atom stereocenters. The van der Waals surface area contributed by atoms with Crippen molar-refractivity contribution in [2.45, 2.75) is 45.7 Å². The second kappa shape index (κ2) is 9.14. The molecular weight excluding hydrogens is 305 g/mol. The van der Waals surface area contributed by atoms with Crippen LogP contribution in [0.2, 0.25) is 0 Å². The Labute approximate surface area is 144 Å². The predicted molar refractivity (Wildman–Crippen MR) is 94.9 cm³/mol. The van der Waals surface area contributed by atoms with Crippen molar-refractivity contribution >= 4 is 5.91 Å². The number of halogens is 1. The third kappa shape index (κ3) is 5.28. The Kier molecular flexibility index (Phi) is 7.18. The Morgan fingerprint density at radius 1 is 1.29 bits per heavy atom. The van der Waals surface area contributed by atoms with Crippen LogP contribution in [0.15, 0.2) is 24.3 Å². The molecule has 1 amide bonds. The van der Waals surface area contributed by atoms with Crippen LogP contribution < -0.4 is 5.73 Å². The van der Waals surface area contributed by atoms with E-state index >= 15 is 0 Å². The smallest absolute Gasteiger partial charge is 0.222 e. The normalized spacial score (nSPS) is 19.5. The molecule has 24 heavy (non-hydrogen) atoms. The summed E-state index contributed by atoms with van der Waals surface area (Å²) in [6.07, 6.45) is 2.26. The molecule has 1 aromatic carbocycles. The highest BCUT2D eigenvalue weighted by Crippen LogP contribution is 2.20. The van der Waals surface area contributed by atoms with E-state index in [0.29, 0.717) is 24.9 Å². The third-order valence-corrected chi connectivity index (χ3v) is 4.77. The molecule has 0 saturated carbocycles. The number of hydrogen-bond donors (Lipinski definition) is 1. The fourth-order valence-electron chi connectivity index (χ4n) is 3.35. The zero-order valence-corrected chi connectivity index (χ0v) is 14.9. The first-order valence-corrected chi connectivity index (χ1v) is 8.97. The molecule has 0 aromatic heterocycles. The third-order valence-electron chi connectivity index (χ3n) is 4.77. The van der Waals surface area contributed by atoms with Gasteiger partial charge >= 0.3 is 0 Å². The minimum Gasteiger partial charge on any atom is -0.341 e. The van der Waals surface area contributed by atoms with Crippen molar-refractivity contribution in [3.8, 4) is 0 Å². The number of carbonyl (C=O) groups excluding carboxylic acids is 1. The molecule has 134 valence electrons. The number of amides is 1. The average molecular weight is 335 g/mol. The quantitative estimate of drug-likeness (QED) is 0.869. The Balaban J connectivity index is 2.05. The number of rotatable bonds is 6. The van der Waals surface area contributed by atoms with Crippen molar-refractivity contribution in [3.05, 3.63) is 35.6 Å². The molecule has 1 saturated heterocycles. The predicted octanol–water partition coefficient (Wildman–Crippen LogP) is 2.62. The molecule has 1 fully saturated rings. The average Bonchev–Trinajstić information content (AvgIpc) is 2.77. The monoisotopic (exact) mass is 335 g/mol. The van der Waals surface area contributed by atoms with Crippen molar-refractivity contribution in [1.82, 2.24) is 9.80 Å². The maximum atomic E-state index is 13.1. The first-order valence-electron chi connectivity index (χ1n) is 8.97. The standard InChI is InChI=1S/C19H30FN3O/c1-15(2)18-14-23(19(24)5-3-10-21)12-4-11-22(18)13-16-6-8-17(20)9-7-16/h6-9,15,18H,3-5,10-14,21H2,1-2H3/t18-/m1/s1. The molecule has 1 heterocycles. The zero-order valence-electron chi connectivity index (χ0n) is 14.9. The number of carbonyl (C=O) groups is 1. The molecule has 1 aromatic rings. The molecule has 2 N–H and O–H groups in total. The van der Waals surface area contributed by atoms with Gasteiger partial charge in [0.25, 0.3) is 0 Å². The minimum absolute atomic E-state index is 0.202. The molecule has 0 bridgehead atoms. The number of nitrogens with two attached hydrogens (primary N) is 1. The van der Waals surface area contributed by atoms with Crippen LogP contribution in [0, 0.1) is 11.7 Å². The molecule has 1 aliphatic rings. The highest BCUT2D eigenvalue weighted by Gasteiger charge is 2.29. The van der Waals surface area contributed by atoms with Crippen LogP contribution in [-0.4, -0.2) is 47.9 Å². The zero-order chi connectivity index (χ0) is 17.5. The van der Waals surface area contributed by atoms with Crippen LogP contribution >= 0.6 is 0 Å². The van der Waals surface area contributed by atoms with Gasteiger partial charge < -0.3 is 10.6 Å². The van der Waals surface area contributed by atoms with Crippen molar-refractivity contribution in [2.24, 2.45) is 11.7 Å². The van der Waals surface area contributed by atoms with Gasteiger partial charge in [-0.25, -0.2) is 4.39 Å². The summed E-state index contributed by atoms with van der Waals surface area (Å²) in [4.78, 5) is 16.8. The molecule has 0 unspecified atom stereocenters. The summed E-state index contributed by atoms with van der Waals surface area (Å²) in [6.45, 7) is 8.31. The second-order valence-electron chi connectivity index (χ2n) is 6.99. The van der Waals surface area contributed by atoms with Gasteiger partial charge in [-0.05, 0) is 43.0 Å². The molecule has 1 aliphatic heterocycles. The van der Waals surface area contributed by atoms with Gasteiger partial charge in [0.2, 0.25) is 5.91 Å². The van der Waals surface area contributed by atoms with E-state index in [4.69, 9.17) is 5.73 Å². The summed E-state index contributed by atoms with van der Waals surface area (Å²) < 4.78 is 13.1. The number of benzene rings is 1. The highest BCUT2D eigenvalue weighted by molar-refractivity contribution is 5.76. The van der Waals surface area contributed by atoms with Crippen molar-refractivity contribution < 1.29 is 9.18 Å². The fourth-order valence-corrected chi connectivity index (χ4v) is 3.35. The summed E-state index contributed by atoms with van der Waals surface area (Å²) in [6, 6.07) is 7.04. The maximum Gasteiger partial charge on any atom is 0.222 e. The van der Waals surface area contributed by atoms with Crippen LogP contribution in [0.25, 0.3) is 0 Å². The molecule has 5 heteroatoms. The van der Waals surface area contributed by atoms with Gasteiger partial charge in [0.05, 0.1) is 0 Å². The van der Waals surface area contributed by atoms with Crippen molar-refractivity contribution in [3.63, 3.8) is 0 Å². The molecule has 0 radical (unpaired) electrons. The Morgan fingerprint density at radius 2 is 2.00 bits per heavy atom. The first-order chi connectivity index (χ1) is 11.5. The van der Waals surface area contributed by atoms with E-state index in [0.717, 1.165) is 44.6 Å². The van der Waals surface area contributed by atoms with Crippen molar-refractivity contribution in [1.29, 1.82) is 0 Å². The van der Waals surface area contributed by atoms with Gasteiger partial charge in [-0.2, -0.15) is 0 Å². The van der Waals surface area contributed by atoms with Crippen LogP contribution in [0.1, 0.15) is 38.7 Å². The SMILES string of the molecule is CC(C)[C@H]1CN(C(=O)CCCN)CCCN1Cc1ccc(F)cc1. The summed E-state index contributed by atoms with van der Waals surface area (Å²) in [7, 11) is 0. The maximum absolute atomic E-state index is 13.1. The number of hydrogen-bond acceptors (Lipinski definition) is 3. The van der Waals surface area contributed by atoms with Gasteiger partial charge in [0.1, 0.15) is 5.82 Å². The molecule has 4 nitrogen and oxygen atoms in total. The van der Waals surface area contributed by atoms with E-state index in [2.05, 4.69) is 18.7 Å². The van der Waals surface area contributed by atoms with Crippen LogP contribution in [0.3, 0.4) is 0 Å². The van der Waals surface area contributed by atoms with Crippen molar-refractivity contribution in [2.75, 3.05) is 26.2 Å². The van der Waals surface area contributed by atoms with Gasteiger partial charge in [-0.15, -0.1) is 0 Å². The van der Waals surface area contributed by atoms with E-state index in [1.807, 2.05) is 17.0 Å². The minimum atomic E-state index is -0.202. The topological polar surface area (TPSA) is 49.6 Å². The molecule has 0 aliphatic carbocycles. The van der Waals surface area contributed by atoms with Gasteiger partial charge in [0, 0.05) is 38.6 Å². The van der Waals surface area contributed by atoms with Crippen LogP contribution in [0.5, 0.6) is 0 Å². The first kappa shape index (κ1) is 18.9. The lowest BCUT2D eigenvalue weighted by molar-refractivity contribution is -0.131. The summed E-state index contributed by atoms with van der Waals surface area (Å²) in [5.74, 6) is 0.467. The highest BCUT2D eigenvalue weighted by atomic mass is 19.1. The summed E-state index contributed by atoms with van der Waals surface area (Å²) in [5, 5.41) is 0. The van der Waals surface area contributed by atoms with Gasteiger partial charge in [-0.1, -0.05) is 26.0 Å². The van der Waals surface area contributed by atoms with E-state index < -0.39 is 0 Å². The summed E-state index contributed by atoms with van der Waals surface area (Å²) in [5.41, 5.74) is 6.64. The molecule has 0 spiro atoms. The Bertz CT molecular complexity index is 518. The lowest BCUT2D eigenvalue weighted by atomic mass is 10.0. The second-order valence-corrected chi connectivity index (χ2v) is 6.99.